The van der Waals surface area contributed by atoms with Crippen LogP contribution in [0.2, 0.25) is 0 Å². The van der Waals surface area contributed by atoms with E-state index in [1.54, 1.807) is 4.90 Å². The largest absolute Gasteiger partial charge is 0.462 e. The maximum absolute atomic E-state index is 12.7. The normalized spacial score (nSPS) is 47.0. The topological polar surface area (TPSA) is 123 Å². The molecule has 2 aliphatic heterocycles. The third-order valence-electron chi connectivity index (χ3n) is 11.9. The smallest absolute Gasteiger partial charge is 0.410 e. The van der Waals surface area contributed by atoms with Crippen molar-refractivity contribution in [2.75, 3.05) is 19.7 Å². The maximum Gasteiger partial charge on any atom is 0.410 e. The number of cyclic esters (lactones) is 1. The van der Waals surface area contributed by atoms with E-state index in [0.29, 0.717) is 37.8 Å². The number of ether oxygens (including phenoxy) is 3. The number of aliphatic hydroxyl groups excluding tert-OH is 1. The average molecular weight is 546 g/mol. The highest BCUT2D eigenvalue weighted by Gasteiger charge is 2.71. The second-order valence-electron chi connectivity index (χ2n) is 13.7. The molecular weight excluding hydrogens is 502 g/mol. The molecular formula is C30H43NO8. The quantitative estimate of drug-likeness (QED) is 0.409. The molecule has 0 aromatic carbocycles. The first-order valence-electron chi connectivity index (χ1n) is 14.8. The van der Waals surface area contributed by atoms with Crippen LogP contribution in [0.4, 0.5) is 4.79 Å². The fourth-order valence-electron chi connectivity index (χ4n) is 9.97. The van der Waals surface area contributed by atoms with Gasteiger partial charge in [-0.05, 0) is 80.1 Å². The van der Waals surface area contributed by atoms with Gasteiger partial charge in [0.1, 0.15) is 18.8 Å². The molecule has 39 heavy (non-hydrogen) atoms. The van der Waals surface area contributed by atoms with Gasteiger partial charge in [0.25, 0.3) is 0 Å². The Kier molecular flexibility index (Phi) is 6.57. The van der Waals surface area contributed by atoms with Crippen LogP contribution < -0.4 is 0 Å². The van der Waals surface area contributed by atoms with Gasteiger partial charge in [-0.25, -0.2) is 9.59 Å². The Hall–Kier alpha value is -2.13. The summed E-state index contributed by atoms with van der Waals surface area (Å²) in [6, 6.07) is 0. The molecule has 5 fully saturated rings. The van der Waals surface area contributed by atoms with E-state index in [1.165, 1.54) is 13.0 Å². The number of nitrogens with zero attached hydrogens (tertiary/aromatic N) is 1. The van der Waals surface area contributed by atoms with Gasteiger partial charge in [-0.2, -0.15) is 0 Å². The zero-order valence-corrected chi connectivity index (χ0v) is 23.4. The number of rotatable bonds is 3. The van der Waals surface area contributed by atoms with Crippen LogP contribution in [0.25, 0.3) is 0 Å². The Bertz CT molecular complexity index is 1080. The molecule has 4 saturated carbocycles. The summed E-state index contributed by atoms with van der Waals surface area (Å²) in [5.41, 5.74) is -0.672. The molecule has 6 aliphatic rings. The predicted molar refractivity (Wildman–Crippen MR) is 139 cm³/mol. The number of likely N-dealkylation sites (tertiary alicyclic amines) is 1. The number of fused-ring (bicyclic) bond motifs is 5. The highest BCUT2D eigenvalue weighted by Crippen LogP contribution is 2.70. The molecule has 2 heterocycles. The summed E-state index contributed by atoms with van der Waals surface area (Å²) in [7, 11) is 0. The summed E-state index contributed by atoms with van der Waals surface area (Å²) in [4.78, 5) is 38.4. The van der Waals surface area contributed by atoms with Gasteiger partial charge in [-0.3, -0.25) is 4.79 Å². The third-order valence-corrected chi connectivity index (χ3v) is 11.9. The molecule has 0 spiro atoms. The van der Waals surface area contributed by atoms with Crippen LogP contribution in [0.5, 0.6) is 0 Å². The number of β-amino-alcohol motifs (C(OH)–C–C–N with tert-alkyl or cyclic N) is 1. The molecule has 10 atom stereocenters. The minimum Gasteiger partial charge on any atom is -0.462 e. The van der Waals surface area contributed by atoms with Crippen molar-refractivity contribution in [2.45, 2.75) is 102 Å². The molecule has 0 aromatic heterocycles. The van der Waals surface area contributed by atoms with Crippen molar-refractivity contribution in [3.63, 3.8) is 0 Å². The van der Waals surface area contributed by atoms with Crippen LogP contribution in [0.1, 0.15) is 78.6 Å². The minimum atomic E-state index is -1.01. The summed E-state index contributed by atoms with van der Waals surface area (Å²) >= 11 is 0. The first-order chi connectivity index (χ1) is 18.4. The average Bonchev–Trinajstić information content (AvgIpc) is 3.54. The van der Waals surface area contributed by atoms with Crippen molar-refractivity contribution < 1.29 is 38.8 Å². The molecule has 1 amide bonds. The first kappa shape index (κ1) is 27.1. The molecule has 9 heteroatoms. The van der Waals surface area contributed by atoms with Gasteiger partial charge in [0.2, 0.25) is 0 Å². The second-order valence-corrected chi connectivity index (χ2v) is 13.7. The molecule has 1 saturated heterocycles. The molecule has 9 unspecified atom stereocenters. The zero-order valence-electron chi connectivity index (χ0n) is 23.4. The van der Waals surface area contributed by atoms with Crippen LogP contribution in [-0.2, 0) is 23.8 Å². The van der Waals surface area contributed by atoms with Gasteiger partial charge in [0, 0.05) is 43.8 Å². The summed E-state index contributed by atoms with van der Waals surface area (Å²) in [5.74, 6) is -0.178. The van der Waals surface area contributed by atoms with Crippen LogP contribution in [0, 0.1) is 34.5 Å². The van der Waals surface area contributed by atoms with Gasteiger partial charge >= 0.3 is 18.0 Å². The molecule has 0 radical (unpaired) electrons. The molecule has 2 N–H and O–H groups in total. The molecule has 4 aliphatic carbocycles. The molecule has 216 valence electrons. The van der Waals surface area contributed by atoms with Crippen LogP contribution >= 0.6 is 0 Å². The van der Waals surface area contributed by atoms with Gasteiger partial charge in [-0.1, -0.05) is 13.8 Å². The Morgan fingerprint density at radius 2 is 1.87 bits per heavy atom. The lowest BCUT2D eigenvalue weighted by Gasteiger charge is -2.63. The van der Waals surface area contributed by atoms with E-state index in [2.05, 4.69) is 13.8 Å². The Balaban J connectivity index is 1.21. The summed E-state index contributed by atoms with van der Waals surface area (Å²) in [6.45, 7) is 6.99. The second kappa shape index (κ2) is 9.47. The van der Waals surface area contributed by atoms with Crippen molar-refractivity contribution in [2.24, 2.45) is 34.5 Å². The Morgan fingerprint density at radius 1 is 1.08 bits per heavy atom. The highest BCUT2D eigenvalue weighted by molar-refractivity contribution is 5.85. The van der Waals surface area contributed by atoms with Crippen molar-refractivity contribution in [1.82, 2.24) is 4.90 Å². The number of carbonyl (C=O) groups excluding carboxylic acids is 3. The van der Waals surface area contributed by atoms with Crippen molar-refractivity contribution in [3.05, 3.63) is 11.6 Å². The fourth-order valence-corrected chi connectivity index (χ4v) is 9.97. The standard InChI is InChI=1S/C30H43NO8/c1-17(32)38-24-14-30(36)23-5-4-19-13-21(39-27(35)31-11-8-20(33)15-31)6-9-28(19,2)22(23)7-10-29(30,3)26(24)18-12-25(34)37-16-18/h12,19-24,26,33,36H,4-11,13-16H2,1-3H3/t19?,20-,21?,22?,23?,24?,26?,28?,29?,30?/m0/s1. The van der Waals surface area contributed by atoms with E-state index >= 15 is 0 Å². The molecule has 6 rings (SSSR count). The monoisotopic (exact) mass is 545 g/mol. The van der Waals surface area contributed by atoms with Crippen LogP contribution in [-0.4, -0.2) is 76.8 Å². The SMILES string of the molecule is CC(=O)OC1CC2(O)C3CCC4CC(OC(=O)N5CC[C@H](O)C5)CCC4(C)C3CCC2(C)C1C1=CC(=O)OC1. The summed E-state index contributed by atoms with van der Waals surface area (Å²) in [5, 5.41) is 22.4. The van der Waals surface area contributed by atoms with Crippen molar-refractivity contribution >= 4 is 18.0 Å². The van der Waals surface area contributed by atoms with Gasteiger partial charge in [0.15, 0.2) is 0 Å². The number of esters is 2. The first-order valence-corrected chi connectivity index (χ1v) is 14.8. The number of carbonyl (C=O) groups is 3. The van der Waals surface area contributed by atoms with E-state index in [4.69, 9.17) is 14.2 Å². The minimum absolute atomic E-state index is 0.0352. The van der Waals surface area contributed by atoms with E-state index in [1.807, 2.05) is 0 Å². The lowest BCUT2D eigenvalue weighted by atomic mass is 9.43. The zero-order chi connectivity index (χ0) is 27.7. The van der Waals surface area contributed by atoms with E-state index < -0.39 is 23.2 Å². The van der Waals surface area contributed by atoms with E-state index in [-0.39, 0.29) is 48.0 Å². The number of hydrogen-bond acceptors (Lipinski definition) is 8. The van der Waals surface area contributed by atoms with Crippen LogP contribution in [0.3, 0.4) is 0 Å². The summed E-state index contributed by atoms with van der Waals surface area (Å²) < 4.78 is 17.0. The van der Waals surface area contributed by atoms with Crippen LogP contribution in [0.15, 0.2) is 11.6 Å². The van der Waals surface area contributed by atoms with Crippen molar-refractivity contribution in [1.29, 1.82) is 0 Å². The summed E-state index contributed by atoms with van der Waals surface area (Å²) in [6.07, 6.45) is 7.32. The highest BCUT2D eigenvalue weighted by atomic mass is 16.6. The van der Waals surface area contributed by atoms with E-state index in [9.17, 15) is 24.6 Å². The molecule has 0 bridgehead atoms. The van der Waals surface area contributed by atoms with Gasteiger partial charge in [-0.15, -0.1) is 0 Å². The maximum atomic E-state index is 12.7. The third kappa shape index (κ3) is 4.21. The lowest BCUT2D eigenvalue weighted by molar-refractivity contribution is -0.208. The fraction of sp³-hybridized carbons (Fsp3) is 0.833. The predicted octanol–water partition coefficient (Wildman–Crippen LogP) is 3.36. The van der Waals surface area contributed by atoms with E-state index in [0.717, 1.165) is 50.5 Å². The Labute approximate surface area is 230 Å². The number of amides is 1. The molecule has 9 nitrogen and oxygen atoms in total. The van der Waals surface area contributed by atoms with Gasteiger partial charge < -0.3 is 29.3 Å². The molecule has 0 aromatic rings. The number of hydrogen-bond donors (Lipinski definition) is 2. The lowest BCUT2D eigenvalue weighted by Crippen LogP contribution is -2.62. The van der Waals surface area contributed by atoms with Gasteiger partial charge in [0.05, 0.1) is 11.7 Å². The Morgan fingerprint density at radius 3 is 2.54 bits per heavy atom. The number of aliphatic hydroxyl groups is 2. The van der Waals surface area contributed by atoms with Crippen molar-refractivity contribution in [3.8, 4) is 0 Å².